The van der Waals surface area contributed by atoms with Crippen molar-refractivity contribution in [3.05, 3.63) is 65.9 Å². The molecule has 0 radical (unpaired) electrons. The predicted octanol–water partition coefficient (Wildman–Crippen LogP) is 4.40. The Morgan fingerprint density at radius 2 is 1.83 bits per heavy atom. The molecule has 1 aromatic heterocycles. The number of para-hydroxylation sites is 1. The van der Waals surface area contributed by atoms with Gasteiger partial charge in [0.25, 0.3) is 5.91 Å². The molecule has 4 nitrogen and oxygen atoms in total. The number of aromatic nitrogens is 1. The summed E-state index contributed by atoms with van der Waals surface area (Å²) in [6, 6.07) is 14.8. The smallest absolute Gasteiger partial charge is 0.387 e. The number of anilines is 1. The van der Waals surface area contributed by atoms with Gasteiger partial charge < -0.3 is 10.1 Å². The molecule has 3 aromatic rings. The van der Waals surface area contributed by atoms with E-state index in [4.69, 9.17) is 0 Å². The molecule has 1 N–H and O–H groups in total. The first-order chi connectivity index (χ1) is 11.5. The van der Waals surface area contributed by atoms with Crippen LogP contribution >= 0.6 is 0 Å². The number of carbonyl (C=O) groups is 1. The Morgan fingerprint density at radius 1 is 1.12 bits per heavy atom. The number of nitrogens with one attached hydrogen (secondary N) is 1. The van der Waals surface area contributed by atoms with Gasteiger partial charge in [-0.2, -0.15) is 8.78 Å². The van der Waals surface area contributed by atoms with E-state index in [1.165, 1.54) is 24.3 Å². The molecule has 0 aliphatic heterocycles. The van der Waals surface area contributed by atoms with Crippen LogP contribution in [0.15, 0.2) is 54.6 Å². The van der Waals surface area contributed by atoms with Gasteiger partial charge in [0.15, 0.2) is 0 Å². The Kier molecular flexibility index (Phi) is 4.37. The minimum Gasteiger partial charge on any atom is -0.435 e. The van der Waals surface area contributed by atoms with Crippen molar-refractivity contribution in [2.24, 2.45) is 0 Å². The monoisotopic (exact) mass is 328 g/mol. The van der Waals surface area contributed by atoms with Gasteiger partial charge in [0.05, 0.1) is 11.1 Å². The van der Waals surface area contributed by atoms with Crippen LogP contribution in [0.1, 0.15) is 16.1 Å². The van der Waals surface area contributed by atoms with Crippen LogP contribution in [0.25, 0.3) is 10.9 Å². The van der Waals surface area contributed by atoms with E-state index in [0.717, 1.165) is 16.6 Å². The molecule has 1 amide bonds. The molecular weight excluding hydrogens is 314 g/mol. The molecule has 1 heterocycles. The van der Waals surface area contributed by atoms with Crippen LogP contribution < -0.4 is 10.1 Å². The maximum absolute atomic E-state index is 12.6. The summed E-state index contributed by atoms with van der Waals surface area (Å²) in [5, 5.41) is 3.50. The average Bonchev–Trinajstić information content (AvgIpc) is 2.55. The highest BCUT2D eigenvalue weighted by Gasteiger charge is 2.12. The molecule has 3 rings (SSSR count). The first-order valence-electron chi connectivity index (χ1n) is 7.25. The Bertz CT molecular complexity index is 880. The van der Waals surface area contributed by atoms with E-state index in [0.29, 0.717) is 11.3 Å². The molecule has 0 aliphatic carbocycles. The zero-order valence-electron chi connectivity index (χ0n) is 12.8. The third-order valence-electron chi connectivity index (χ3n) is 3.43. The van der Waals surface area contributed by atoms with Crippen molar-refractivity contribution in [1.82, 2.24) is 4.98 Å². The van der Waals surface area contributed by atoms with Gasteiger partial charge in [-0.05, 0) is 43.3 Å². The fourth-order valence-electron chi connectivity index (χ4n) is 2.41. The van der Waals surface area contributed by atoms with E-state index in [9.17, 15) is 13.6 Å². The number of pyridine rings is 1. The number of aryl methyl sites for hydroxylation is 1. The lowest BCUT2D eigenvalue weighted by atomic mass is 10.1. The molecule has 2 aromatic carbocycles. The number of carbonyl (C=O) groups excluding carboxylic acids is 1. The molecule has 0 bridgehead atoms. The van der Waals surface area contributed by atoms with Crippen LogP contribution in [-0.4, -0.2) is 17.5 Å². The van der Waals surface area contributed by atoms with Gasteiger partial charge in [-0.3, -0.25) is 9.78 Å². The molecule has 0 fully saturated rings. The van der Waals surface area contributed by atoms with Crippen molar-refractivity contribution in [2.45, 2.75) is 13.5 Å². The number of alkyl halides is 2. The van der Waals surface area contributed by atoms with Crippen molar-refractivity contribution < 1.29 is 18.3 Å². The van der Waals surface area contributed by atoms with Gasteiger partial charge >= 0.3 is 6.61 Å². The second-order valence-corrected chi connectivity index (χ2v) is 5.19. The zero-order valence-corrected chi connectivity index (χ0v) is 12.8. The molecule has 122 valence electrons. The van der Waals surface area contributed by atoms with E-state index < -0.39 is 6.61 Å². The lowest BCUT2D eigenvalue weighted by Crippen LogP contribution is -2.13. The van der Waals surface area contributed by atoms with E-state index in [2.05, 4.69) is 15.0 Å². The fraction of sp³-hybridized carbons (Fsp3) is 0.111. The van der Waals surface area contributed by atoms with Gasteiger partial charge in [-0.1, -0.05) is 18.2 Å². The summed E-state index contributed by atoms with van der Waals surface area (Å²) in [5.41, 5.74) is 2.47. The molecule has 6 heteroatoms. The van der Waals surface area contributed by atoms with Crippen LogP contribution in [0.2, 0.25) is 0 Å². The molecule has 24 heavy (non-hydrogen) atoms. The van der Waals surface area contributed by atoms with Crippen LogP contribution in [0.4, 0.5) is 14.5 Å². The summed E-state index contributed by atoms with van der Waals surface area (Å²) in [4.78, 5) is 17.0. The largest absolute Gasteiger partial charge is 0.435 e. The van der Waals surface area contributed by atoms with Crippen molar-refractivity contribution in [3.63, 3.8) is 0 Å². The highest BCUT2D eigenvalue weighted by molar-refractivity contribution is 6.12. The fourth-order valence-corrected chi connectivity index (χ4v) is 2.41. The Balaban J connectivity index is 1.85. The lowest BCUT2D eigenvalue weighted by Gasteiger charge is -2.10. The van der Waals surface area contributed by atoms with E-state index >= 15 is 0 Å². The third-order valence-corrected chi connectivity index (χ3v) is 3.43. The van der Waals surface area contributed by atoms with Gasteiger partial charge in [-0.25, -0.2) is 0 Å². The number of benzene rings is 2. The van der Waals surface area contributed by atoms with Crippen LogP contribution in [0.5, 0.6) is 5.75 Å². The number of nitrogens with zero attached hydrogens (tertiary/aromatic N) is 1. The molecule has 0 aliphatic rings. The highest BCUT2D eigenvalue weighted by atomic mass is 19.3. The molecule has 0 atom stereocenters. The standard InChI is InChI=1S/C18H14F2N2O2/c1-11-10-15(14-4-2-3-5-16(14)21-11)17(23)22-12-6-8-13(9-7-12)24-18(19)20/h2-10,18H,1H3,(H,22,23). The van der Waals surface area contributed by atoms with Crippen LogP contribution in [0, 0.1) is 6.92 Å². The number of amides is 1. The van der Waals surface area contributed by atoms with E-state index in [1.807, 2.05) is 31.2 Å². The van der Waals surface area contributed by atoms with Crippen LogP contribution in [-0.2, 0) is 0 Å². The summed E-state index contributed by atoms with van der Waals surface area (Å²) in [7, 11) is 0. The zero-order chi connectivity index (χ0) is 17.1. The van der Waals surface area contributed by atoms with Crippen molar-refractivity contribution in [1.29, 1.82) is 0 Å². The summed E-state index contributed by atoms with van der Waals surface area (Å²) in [5.74, 6) is -0.257. The number of hydrogen-bond donors (Lipinski definition) is 1. The van der Waals surface area contributed by atoms with Crippen molar-refractivity contribution in [3.8, 4) is 5.75 Å². The number of fused-ring (bicyclic) bond motifs is 1. The second-order valence-electron chi connectivity index (χ2n) is 5.19. The van der Waals surface area contributed by atoms with Crippen LogP contribution in [0.3, 0.4) is 0 Å². The van der Waals surface area contributed by atoms with Crippen molar-refractivity contribution in [2.75, 3.05) is 5.32 Å². The average molecular weight is 328 g/mol. The molecular formula is C18H14F2N2O2. The normalized spacial score (nSPS) is 10.8. The minimum absolute atomic E-state index is 0.0354. The molecule has 0 saturated heterocycles. The Morgan fingerprint density at radius 3 is 2.54 bits per heavy atom. The Hall–Kier alpha value is -3.02. The topological polar surface area (TPSA) is 51.2 Å². The van der Waals surface area contributed by atoms with Gasteiger partial charge in [0.1, 0.15) is 5.75 Å². The first-order valence-corrected chi connectivity index (χ1v) is 7.25. The molecule has 0 unspecified atom stereocenters. The second kappa shape index (κ2) is 6.62. The predicted molar refractivity (Wildman–Crippen MR) is 87.5 cm³/mol. The number of halogens is 2. The summed E-state index contributed by atoms with van der Waals surface area (Å²) in [6.07, 6.45) is 0. The third kappa shape index (κ3) is 3.48. The quantitative estimate of drug-likeness (QED) is 0.772. The molecule has 0 saturated carbocycles. The van der Waals surface area contributed by atoms with Crippen molar-refractivity contribution >= 4 is 22.5 Å². The van der Waals surface area contributed by atoms with Gasteiger partial charge in [-0.15, -0.1) is 0 Å². The molecule has 0 spiro atoms. The number of ether oxygens (including phenoxy) is 1. The summed E-state index contributed by atoms with van der Waals surface area (Å²) < 4.78 is 28.6. The number of hydrogen-bond acceptors (Lipinski definition) is 3. The first kappa shape index (κ1) is 15.9. The Labute approximate surface area is 137 Å². The maximum Gasteiger partial charge on any atom is 0.387 e. The van der Waals surface area contributed by atoms with Gasteiger partial charge in [0, 0.05) is 16.8 Å². The van der Waals surface area contributed by atoms with E-state index in [-0.39, 0.29) is 11.7 Å². The minimum atomic E-state index is -2.88. The highest BCUT2D eigenvalue weighted by Crippen LogP contribution is 2.21. The summed E-state index contributed by atoms with van der Waals surface area (Å²) >= 11 is 0. The SMILES string of the molecule is Cc1cc(C(=O)Nc2ccc(OC(F)F)cc2)c2ccccc2n1. The van der Waals surface area contributed by atoms with E-state index in [1.54, 1.807) is 6.07 Å². The van der Waals surface area contributed by atoms with Gasteiger partial charge in [0.2, 0.25) is 0 Å². The lowest BCUT2D eigenvalue weighted by molar-refractivity contribution is -0.0498. The maximum atomic E-state index is 12.6. The number of rotatable bonds is 4. The summed E-state index contributed by atoms with van der Waals surface area (Å²) in [6.45, 7) is -1.06.